The number of phenolic OH excluding ortho intramolecular Hbond substituents is 1. The molecule has 7 nitrogen and oxygen atoms in total. The highest BCUT2D eigenvalue weighted by atomic mass is 16.5. The van der Waals surface area contributed by atoms with E-state index in [-0.39, 0.29) is 12.4 Å². The third kappa shape index (κ3) is 6.50. The van der Waals surface area contributed by atoms with Crippen LogP contribution in [0, 0.1) is 11.8 Å². The Balaban J connectivity index is 1.60. The number of nitrogens with zero attached hydrogens (tertiary/aromatic N) is 2. The van der Waals surface area contributed by atoms with Crippen LogP contribution in [0.5, 0.6) is 5.75 Å². The molecule has 3 aromatic rings. The van der Waals surface area contributed by atoms with E-state index in [0.29, 0.717) is 25.0 Å². The monoisotopic (exact) mass is 478 g/mol. The van der Waals surface area contributed by atoms with Gasteiger partial charge in [-0.3, -0.25) is 4.68 Å². The van der Waals surface area contributed by atoms with Crippen molar-refractivity contribution in [2.75, 3.05) is 26.9 Å². The van der Waals surface area contributed by atoms with Crippen LogP contribution in [0.25, 0.3) is 22.4 Å². The van der Waals surface area contributed by atoms with Gasteiger partial charge in [-0.15, -0.1) is 0 Å². The maximum absolute atomic E-state index is 10.7. The van der Waals surface area contributed by atoms with Gasteiger partial charge in [0, 0.05) is 36.9 Å². The van der Waals surface area contributed by atoms with E-state index in [1.54, 1.807) is 19.2 Å². The maximum Gasteiger partial charge on any atom is 0.329 e. The van der Waals surface area contributed by atoms with Crippen molar-refractivity contribution in [1.82, 2.24) is 9.78 Å². The van der Waals surface area contributed by atoms with Gasteiger partial charge in [0.2, 0.25) is 0 Å². The summed E-state index contributed by atoms with van der Waals surface area (Å²) in [6, 6.07) is 17.5. The van der Waals surface area contributed by atoms with E-state index in [1.165, 1.54) is 0 Å². The topological polar surface area (TPSA) is 93.8 Å². The summed E-state index contributed by atoms with van der Waals surface area (Å²) in [6.45, 7) is 1.69. The molecule has 0 atom stereocenters. The minimum absolute atomic E-state index is 0.226. The van der Waals surface area contributed by atoms with Gasteiger partial charge >= 0.3 is 5.97 Å². The molecule has 1 heterocycles. The van der Waals surface area contributed by atoms with Gasteiger partial charge in [0.15, 0.2) is 0 Å². The van der Waals surface area contributed by atoms with Crippen molar-refractivity contribution in [1.29, 1.82) is 0 Å². The molecule has 0 unspecified atom stereocenters. The zero-order valence-electron chi connectivity index (χ0n) is 20.2. The molecule has 1 aliphatic carbocycles. The molecule has 1 aliphatic rings. The number of benzene rings is 2. The summed E-state index contributed by atoms with van der Waals surface area (Å²) in [4.78, 5) is 10.7. The van der Waals surface area contributed by atoms with Crippen molar-refractivity contribution in [3.63, 3.8) is 0 Å². The number of phenols is 1. The van der Waals surface area contributed by atoms with Crippen LogP contribution in [-0.2, 0) is 27.2 Å². The van der Waals surface area contributed by atoms with Gasteiger partial charge in [0.05, 0.1) is 13.2 Å². The molecule has 186 valence electrons. The van der Waals surface area contributed by atoms with Crippen molar-refractivity contribution >= 4 is 5.97 Å². The number of ether oxygens (including phenoxy) is 2. The molecule has 2 aromatic carbocycles. The second-order valence-electron chi connectivity index (χ2n) is 9.31. The maximum atomic E-state index is 10.7. The van der Waals surface area contributed by atoms with Crippen molar-refractivity contribution in [2.24, 2.45) is 11.8 Å². The highest BCUT2D eigenvalue weighted by molar-refractivity contribution is 5.83. The van der Waals surface area contributed by atoms with Gasteiger partial charge in [-0.05, 0) is 55.2 Å². The fourth-order valence-corrected chi connectivity index (χ4v) is 5.00. The van der Waals surface area contributed by atoms with Gasteiger partial charge in [0.25, 0.3) is 0 Å². The predicted molar refractivity (Wildman–Crippen MR) is 134 cm³/mol. The number of aromatic hydroxyl groups is 1. The summed E-state index contributed by atoms with van der Waals surface area (Å²) in [6.07, 6.45) is 4.91. The number of carbonyl (C=O) groups is 1. The van der Waals surface area contributed by atoms with Gasteiger partial charge in [0.1, 0.15) is 18.1 Å². The van der Waals surface area contributed by atoms with Crippen molar-refractivity contribution in [3.05, 3.63) is 60.3 Å². The fourth-order valence-electron chi connectivity index (χ4n) is 5.00. The second-order valence-corrected chi connectivity index (χ2v) is 9.31. The molecule has 4 rings (SSSR count). The number of aromatic nitrogens is 2. The Morgan fingerprint density at radius 3 is 2.43 bits per heavy atom. The van der Waals surface area contributed by atoms with E-state index in [0.717, 1.165) is 66.7 Å². The summed E-state index contributed by atoms with van der Waals surface area (Å²) in [5.74, 6) is 0.222. The molecular weight excluding hydrogens is 444 g/mol. The minimum atomic E-state index is -0.919. The molecule has 2 N–H and O–H groups in total. The number of carboxylic acid groups (broad SMARTS) is 1. The molecule has 1 fully saturated rings. The lowest BCUT2D eigenvalue weighted by atomic mass is 9.82. The Morgan fingerprint density at radius 2 is 1.74 bits per heavy atom. The molecule has 0 spiro atoms. The number of carboxylic acids is 1. The van der Waals surface area contributed by atoms with Crippen LogP contribution in [0.1, 0.15) is 31.4 Å². The van der Waals surface area contributed by atoms with Gasteiger partial charge in [-0.25, -0.2) is 4.79 Å². The summed E-state index contributed by atoms with van der Waals surface area (Å²) in [7, 11) is 1.71. The highest BCUT2D eigenvalue weighted by Crippen LogP contribution is 2.38. The van der Waals surface area contributed by atoms with E-state index < -0.39 is 5.97 Å². The number of rotatable bonds is 11. The average molecular weight is 479 g/mol. The molecule has 0 saturated heterocycles. The Morgan fingerprint density at radius 1 is 1.03 bits per heavy atom. The number of hydrogen-bond donors (Lipinski definition) is 2. The smallest absolute Gasteiger partial charge is 0.329 e. The molecule has 0 amide bonds. The van der Waals surface area contributed by atoms with Crippen LogP contribution >= 0.6 is 0 Å². The fraction of sp³-hybridized carbons (Fsp3) is 0.429. The van der Waals surface area contributed by atoms with Crippen LogP contribution < -0.4 is 0 Å². The Bertz CT molecular complexity index is 1100. The number of aliphatic carboxylic acids is 1. The van der Waals surface area contributed by atoms with Crippen molar-refractivity contribution in [3.8, 4) is 28.1 Å². The van der Waals surface area contributed by atoms with Gasteiger partial charge in [-0.2, -0.15) is 5.10 Å². The average Bonchev–Trinajstić information content (AvgIpc) is 3.22. The molecule has 1 aromatic heterocycles. The first kappa shape index (κ1) is 24.9. The summed E-state index contributed by atoms with van der Waals surface area (Å²) in [5.41, 5.74) is 5.06. The molecule has 0 bridgehead atoms. The second kappa shape index (κ2) is 12.0. The third-order valence-electron chi connectivity index (χ3n) is 6.76. The lowest BCUT2D eigenvalue weighted by Crippen LogP contribution is -2.24. The van der Waals surface area contributed by atoms with Crippen LogP contribution in [0.4, 0.5) is 0 Å². The van der Waals surface area contributed by atoms with Crippen molar-refractivity contribution in [2.45, 2.75) is 38.6 Å². The number of hydrogen-bond acceptors (Lipinski definition) is 5. The first-order valence-electron chi connectivity index (χ1n) is 12.3. The molecule has 0 aliphatic heterocycles. The van der Waals surface area contributed by atoms with E-state index >= 15 is 0 Å². The first-order chi connectivity index (χ1) is 17.0. The zero-order chi connectivity index (χ0) is 24.6. The van der Waals surface area contributed by atoms with Gasteiger partial charge in [-0.1, -0.05) is 42.5 Å². The van der Waals surface area contributed by atoms with Crippen LogP contribution in [-0.4, -0.2) is 52.9 Å². The molecule has 35 heavy (non-hydrogen) atoms. The van der Waals surface area contributed by atoms with E-state index in [2.05, 4.69) is 16.8 Å². The van der Waals surface area contributed by atoms with Gasteiger partial charge < -0.3 is 19.7 Å². The zero-order valence-corrected chi connectivity index (χ0v) is 20.2. The molecule has 1 saturated carbocycles. The van der Waals surface area contributed by atoms with Crippen molar-refractivity contribution < 1.29 is 24.5 Å². The SMILES string of the molecule is COCCc1c(-c2cccc(O)c2)c(-c2ccccc2)nn1C[C@H]1CC[C@@H](COCC(=O)O)CC1. The predicted octanol–water partition coefficient (Wildman–Crippen LogP) is 5.02. The van der Waals surface area contributed by atoms with E-state index in [9.17, 15) is 9.90 Å². The minimum Gasteiger partial charge on any atom is -0.508 e. The lowest BCUT2D eigenvalue weighted by Gasteiger charge is -2.28. The van der Waals surface area contributed by atoms with Crippen LogP contribution in [0.15, 0.2) is 54.6 Å². The quantitative estimate of drug-likeness (QED) is 0.402. The highest BCUT2D eigenvalue weighted by Gasteiger charge is 2.26. The van der Waals surface area contributed by atoms with Crippen LogP contribution in [0.2, 0.25) is 0 Å². The standard InChI is InChI=1S/C28H34N2O5/c1-34-15-14-25-27(23-8-5-9-24(31)16-23)28(22-6-3-2-4-7-22)29-30(25)17-20-10-12-21(13-11-20)18-35-19-26(32)33/h2-9,16,20-21,31H,10-15,17-19H2,1H3,(H,32,33)/t20-,21+. The van der Waals surface area contributed by atoms with Crippen LogP contribution in [0.3, 0.4) is 0 Å². The molecule has 7 heteroatoms. The summed E-state index contributed by atoms with van der Waals surface area (Å²) >= 11 is 0. The molecule has 0 radical (unpaired) electrons. The first-order valence-corrected chi connectivity index (χ1v) is 12.3. The normalized spacial score (nSPS) is 18.0. The third-order valence-corrected chi connectivity index (χ3v) is 6.76. The van der Waals surface area contributed by atoms with E-state index in [1.807, 2.05) is 30.3 Å². The Hall–Kier alpha value is -3.16. The Labute approximate surface area is 206 Å². The summed E-state index contributed by atoms with van der Waals surface area (Å²) < 4.78 is 12.9. The van der Waals surface area contributed by atoms with E-state index in [4.69, 9.17) is 19.7 Å². The lowest BCUT2D eigenvalue weighted by molar-refractivity contribution is -0.142. The summed E-state index contributed by atoms with van der Waals surface area (Å²) in [5, 5.41) is 24.1. The largest absolute Gasteiger partial charge is 0.508 e. The number of methoxy groups -OCH3 is 1. The Kier molecular flexibility index (Phi) is 8.55. The molecular formula is C28H34N2O5.